The highest BCUT2D eigenvalue weighted by molar-refractivity contribution is 5.20. The Hall–Kier alpha value is -2.15. The molecule has 0 radical (unpaired) electrons. The summed E-state index contributed by atoms with van der Waals surface area (Å²) in [5.74, 6) is -1.64. The van der Waals surface area contributed by atoms with E-state index in [9.17, 15) is 18.3 Å². The van der Waals surface area contributed by atoms with Gasteiger partial charge in [0.2, 0.25) is 0 Å². The fraction of sp³-hybridized carbons (Fsp3) is 0.300. The van der Waals surface area contributed by atoms with Crippen molar-refractivity contribution in [3.05, 3.63) is 83.7 Å². The molecule has 140 valence electrons. The van der Waals surface area contributed by atoms with Gasteiger partial charge in [0.1, 0.15) is 17.5 Å². The summed E-state index contributed by atoms with van der Waals surface area (Å²) in [6.45, 7) is 4.72. The Morgan fingerprint density at radius 3 is 2.38 bits per heavy atom. The highest BCUT2D eigenvalue weighted by atomic mass is 19.1. The van der Waals surface area contributed by atoms with Gasteiger partial charge in [-0.25, -0.2) is 13.2 Å². The van der Waals surface area contributed by atoms with E-state index in [-0.39, 0.29) is 25.5 Å². The smallest absolute Gasteiger partial charge is 0.130 e. The Balaban J connectivity index is 2.08. The molecule has 26 heavy (non-hydrogen) atoms. The van der Waals surface area contributed by atoms with Gasteiger partial charge in [-0.3, -0.25) is 4.90 Å². The monoisotopic (exact) mass is 365 g/mol. The minimum atomic E-state index is -0.793. The maximum Gasteiger partial charge on any atom is 0.130 e. The quantitative estimate of drug-likeness (QED) is 0.515. The molecule has 6 heteroatoms. The maximum atomic E-state index is 14.0. The average Bonchev–Trinajstić information content (AvgIpc) is 2.59. The normalized spacial score (nSPS) is 12.3. The Morgan fingerprint density at radius 1 is 1.04 bits per heavy atom. The zero-order valence-corrected chi connectivity index (χ0v) is 14.4. The summed E-state index contributed by atoms with van der Waals surface area (Å²) in [5.41, 5.74) is 1.13. The fourth-order valence-electron chi connectivity index (χ4n) is 2.56. The summed E-state index contributed by atoms with van der Waals surface area (Å²) in [5, 5.41) is 10.1. The van der Waals surface area contributed by atoms with Crippen LogP contribution in [0.1, 0.15) is 11.1 Å². The molecule has 0 aliphatic rings. The molecular weight excluding hydrogens is 343 g/mol. The number of halogens is 3. The minimum absolute atomic E-state index is 0.109. The molecule has 2 aromatic rings. The van der Waals surface area contributed by atoms with E-state index in [0.29, 0.717) is 18.7 Å². The van der Waals surface area contributed by atoms with Crippen LogP contribution >= 0.6 is 0 Å². The van der Waals surface area contributed by atoms with Gasteiger partial charge in [-0.1, -0.05) is 24.3 Å². The first kappa shape index (κ1) is 20.2. The van der Waals surface area contributed by atoms with Gasteiger partial charge in [0.15, 0.2) is 0 Å². The number of hydrogen-bond acceptors (Lipinski definition) is 3. The van der Waals surface area contributed by atoms with E-state index in [1.807, 2.05) is 0 Å². The number of aliphatic hydroxyl groups is 1. The van der Waals surface area contributed by atoms with Gasteiger partial charge in [-0.15, -0.1) is 6.58 Å². The molecular formula is C20H22F3NO2. The van der Waals surface area contributed by atoms with Gasteiger partial charge >= 0.3 is 0 Å². The van der Waals surface area contributed by atoms with E-state index in [4.69, 9.17) is 4.74 Å². The zero-order chi connectivity index (χ0) is 18.9. The van der Waals surface area contributed by atoms with E-state index >= 15 is 0 Å². The zero-order valence-electron chi connectivity index (χ0n) is 14.4. The summed E-state index contributed by atoms with van der Waals surface area (Å²) in [4.78, 5) is 1.80. The Morgan fingerprint density at radius 2 is 1.73 bits per heavy atom. The van der Waals surface area contributed by atoms with Crippen molar-refractivity contribution in [2.75, 3.05) is 19.8 Å². The standard InChI is InChI=1S/C20H22F3NO2/c1-2-9-26-14-19(25)13-24(11-15-3-6-17(21)7-4-15)12-16-5-8-18(22)10-20(16)23/h2-8,10,19,25H,1,9,11-14H2/t19-/m0/s1. The van der Waals surface area contributed by atoms with Crippen molar-refractivity contribution < 1.29 is 23.0 Å². The second kappa shape index (κ2) is 10.1. The largest absolute Gasteiger partial charge is 0.389 e. The van der Waals surface area contributed by atoms with Gasteiger partial charge in [0.25, 0.3) is 0 Å². The van der Waals surface area contributed by atoms with Crippen LogP contribution in [0.5, 0.6) is 0 Å². The lowest BCUT2D eigenvalue weighted by molar-refractivity contribution is 0.0226. The summed E-state index contributed by atoms with van der Waals surface area (Å²) in [7, 11) is 0. The lowest BCUT2D eigenvalue weighted by atomic mass is 10.1. The molecule has 0 aliphatic heterocycles. The van der Waals surface area contributed by atoms with E-state index in [1.54, 1.807) is 23.1 Å². The average molecular weight is 365 g/mol. The van der Waals surface area contributed by atoms with E-state index in [2.05, 4.69) is 6.58 Å². The Labute approximate surface area is 151 Å². The summed E-state index contributed by atoms with van der Waals surface area (Å²) in [6, 6.07) is 9.34. The van der Waals surface area contributed by atoms with Crippen molar-refractivity contribution in [3.63, 3.8) is 0 Å². The van der Waals surface area contributed by atoms with Crippen molar-refractivity contribution in [2.24, 2.45) is 0 Å². The lowest BCUT2D eigenvalue weighted by Gasteiger charge is -2.25. The number of aliphatic hydroxyl groups excluding tert-OH is 1. The SMILES string of the molecule is C=CCOC[C@@H](O)CN(Cc1ccc(F)cc1)Cc1ccc(F)cc1F. The van der Waals surface area contributed by atoms with Gasteiger partial charge in [-0.2, -0.15) is 0 Å². The lowest BCUT2D eigenvalue weighted by Crippen LogP contribution is -2.34. The third-order valence-electron chi connectivity index (χ3n) is 3.74. The number of nitrogens with zero attached hydrogens (tertiary/aromatic N) is 1. The number of benzene rings is 2. The summed E-state index contributed by atoms with van der Waals surface area (Å²) in [6.07, 6.45) is 0.788. The molecule has 0 aromatic heterocycles. The molecule has 0 aliphatic carbocycles. The minimum Gasteiger partial charge on any atom is -0.389 e. The molecule has 0 amide bonds. The first-order chi connectivity index (χ1) is 12.5. The van der Waals surface area contributed by atoms with Crippen molar-refractivity contribution in [1.29, 1.82) is 0 Å². The van der Waals surface area contributed by atoms with Crippen molar-refractivity contribution >= 4 is 0 Å². The maximum absolute atomic E-state index is 14.0. The fourth-order valence-corrected chi connectivity index (χ4v) is 2.56. The van der Waals surface area contributed by atoms with Crippen LogP contribution in [-0.2, 0) is 17.8 Å². The number of hydrogen-bond donors (Lipinski definition) is 1. The van der Waals surface area contributed by atoms with Gasteiger partial charge in [-0.05, 0) is 23.8 Å². The third-order valence-corrected chi connectivity index (χ3v) is 3.74. The van der Waals surface area contributed by atoms with Crippen molar-refractivity contribution in [3.8, 4) is 0 Å². The molecule has 0 fully saturated rings. The molecule has 0 bridgehead atoms. The molecule has 3 nitrogen and oxygen atoms in total. The van der Waals surface area contributed by atoms with E-state index in [1.165, 1.54) is 24.3 Å². The van der Waals surface area contributed by atoms with Crippen LogP contribution in [-0.4, -0.2) is 35.9 Å². The number of ether oxygens (including phenoxy) is 1. The van der Waals surface area contributed by atoms with Crippen LogP contribution in [0.25, 0.3) is 0 Å². The summed E-state index contributed by atoms with van der Waals surface area (Å²) >= 11 is 0. The molecule has 0 saturated carbocycles. The van der Waals surface area contributed by atoms with Crippen LogP contribution in [0.2, 0.25) is 0 Å². The predicted molar refractivity (Wildman–Crippen MR) is 93.9 cm³/mol. The molecule has 2 aromatic carbocycles. The van der Waals surface area contributed by atoms with E-state index in [0.717, 1.165) is 11.6 Å². The van der Waals surface area contributed by atoms with Gasteiger partial charge in [0.05, 0.1) is 19.3 Å². The first-order valence-corrected chi connectivity index (χ1v) is 8.25. The molecule has 0 unspecified atom stereocenters. The van der Waals surface area contributed by atoms with Crippen molar-refractivity contribution in [1.82, 2.24) is 4.90 Å². The van der Waals surface area contributed by atoms with E-state index < -0.39 is 17.7 Å². The van der Waals surface area contributed by atoms with Crippen LogP contribution in [0, 0.1) is 17.5 Å². The summed E-state index contributed by atoms with van der Waals surface area (Å²) < 4.78 is 45.4. The Bertz CT molecular complexity index is 707. The van der Waals surface area contributed by atoms with Gasteiger partial charge < -0.3 is 9.84 Å². The topological polar surface area (TPSA) is 32.7 Å². The third kappa shape index (κ3) is 6.63. The second-order valence-electron chi connectivity index (χ2n) is 6.01. The van der Waals surface area contributed by atoms with Crippen LogP contribution in [0.4, 0.5) is 13.2 Å². The van der Waals surface area contributed by atoms with Crippen LogP contribution < -0.4 is 0 Å². The molecule has 0 saturated heterocycles. The molecule has 0 spiro atoms. The molecule has 1 N–H and O–H groups in total. The Kier molecular flexibility index (Phi) is 7.84. The van der Waals surface area contributed by atoms with Crippen LogP contribution in [0.3, 0.4) is 0 Å². The van der Waals surface area contributed by atoms with Crippen molar-refractivity contribution in [2.45, 2.75) is 19.2 Å². The highest BCUT2D eigenvalue weighted by Gasteiger charge is 2.15. The molecule has 2 rings (SSSR count). The van der Waals surface area contributed by atoms with Crippen LogP contribution in [0.15, 0.2) is 55.1 Å². The first-order valence-electron chi connectivity index (χ1n) is 8.25. The van der Waals surface area contributed by atoms with Gasteiger partial charge in [0, 0.05) is 31.3 Å². The highest BCUT2D eigenvalue weighted by Crippen LogP contribution is 2.15. The second-order valence-corrected chi connectivity index (χ2v) is 6.01. The molecule has 0 heterocycles. The molecule has 1 atom stereocenters. The predicted octanol–water partition coefficient (Wildman–Crippen LogP) is 3.67. The number of rotatable bonds is 10.